The van der Waals surface area contributed by atoms with E-state index in [1.165, 1.54) is 31.4 Å². The number of hydrogen-bond donors (Lipinski definition) is 0. The maximum absolute atomic E-state index is 2.36. The predicted octanol–water partition coefficient (Wildman–Crippen LogP) is 2.68. The van der Waals surface area contributed by atoms with Crippen molar-refractivity contribution in [3.05, 3.63) is 0 Å². The summed E-state index contributed by atoms with van der Waals surface area (Å²) >= 11 is 2.22. The Balaban J connectivity index is 2.10. The summed E-state index contributed by atoms with van der Waals surface area (Å²) in [5, 5.41) is 1.07. The summed E-state index contributed by atoms with van der Waals surface area (Å²) in [6, 6.07) is 0. The van der Waals surface area contributed by atoms with E-state index in [9.17, 15) is 0 Å². The minimum atomic E-state index is 0.838. The highest BCUT2D eigenvalue weighted by molar-refractivity contribution is 8.00. The van der Waals surface area contributed by atoms with Crippen molar-refractivity contribution in [3.8, 4) is 0 Å². The zero-order chi connectivity index (χ0) is 6.32. The summed E-state index contributed by atoms with van der Waals surface area (Å²) in [7, 11) is 0. The van der Waals surface area contributed by atoms with Crippen molar-refractivity contribution < 1.29 is 0 Å². The quantitative estimate of drug-likeness (QED) is 0.542. The van der Waals surface area contributed by atoms with E-state index in [0.29, 0.717) is 0 Å². The Labute approximate surface area is 61.4 Å². The maximum Gasteiger partial charge on any atom is 0.0104 e. The third-order valence-corrected chi connectivity index (χ3v) is 4.79. The molecule has 1 aliphatic carbocycles. The van der Waals surface area contributed by atoms with Crippen LogP contribution in [0.1, 0.15) is 32.6 Å². The van der Waals surface area contributed by atoms with Gasteiger partial charge in [0.15, 0.2) is 0 Å². The molecule has 0 nitrogen and oxygen atoms in total. The van der Waals surface area contributed by atoms with Crippen LogP contribution in [0.25, 0.3) is 0 Å². The monoisotopic (exact) mass is 142 g/mol. The van der Waals surface area contributed by atoms with Crippen molar-refractivity contribution in [2.75, 3.05) is 5.75 Å². The first-order valence-corrected chi connectivity index (χ1v) is 5.04. The zero-order valence-corrected chi connectivity index (χ0v) is 6.84. The van der Waals surface area contributed by atoms with Gasteiger partial charge in [0.25, 0.3) is 0 Å². The average Bonchev–Trinajstić information content (AvgIpc) is 2.10. The summed E-state index contributed by atoms with van der Waals surface area (Å²) in [6.07, 6.45) is 5.99. The van der Waals surface area contributed by atoms with E-state index in [1.54, 1.807) is 0 Å². The Kier molecular flexibility index (Phi) is 1.29. The zero-order valence-electron chi connectivity index (χ0n) is 6.02. The van der Waals surface area contributed by atoms with Crippen LogP contribution in [0, 0.1) is 5.41 Å². The molecule has 0 radical (unpaired) electrons. The maximum atomic E-state index is 2.36. The van der Waals surface area contributed by atoms with Crippen molar-refractivity contribution in [1.82, 2.24) is 0 Å². The molecular formula is C8H14S. The lowest BCUT2D eigenvalue weighted by atomic mass is 9.65. The van der Waals surface area contributed by atoms with Crippen molar-refractivity contribution >= 4 is 11.8 Å². The fourth-order valence-electron chi connectivity index (χ4n) is 2.20. The summed E-state index contributed by atoms with van der Waals surface area (Å²) in [5.74, 6) is 1.44. The molecule has 0 aromatic rings. The lowest BCUT2D eigenvalue weighted by molar-refractivity contribution is 0.148. The molecular weight excluding hydrogens is 128 g/mol. The molecule has 1 heterocycles. The molecule has 1 saturated carbocycles. The lowest BCUT2D eigenvalue weighted by Crippen LogP contribution is -2.37. The van der Waals surface area contributed by atoms with Gasteiger partial charge in [0.05, 0.1) is 0 Å². The number of thioether (sulfide) groups is 1. The molecule has 9 heavy (non-hydrogen) atoms. The van der Waals surface area contributed by atoms with Crippen LogP contribution in [0.15, 0.2) is 0 Å². The standard InChI is InChI=1S/C8H14S/c1-2-8-4-3-7(8)9-6-5-8/h7H,2-6H2,1H3. The van der Waals surface area contributed by atoms with Crippen LogP contribution in [0.3, 0.4) is 0 Å². The molecule has 0 spiro atoms. The third kappa shape index (κ3) is 0.674. The summed E-state index contributed by atoms with van der Waals surface area (Å²) in [5.41, 5.74) is 0.838. The van der Waals surface area contributed by atoms with Crippen molar-refractivity contribution in [1.29, 1.82) is 0 Å². The Morgan fingerprint density at radius 2 is 2.44 bits per heavy atom. The van der Waals surface area contributed by atoms with Crippen LogP contribution in [-0.2, 0) is 0 Å². The average molecular weight is 142 g/mol. The molecule has 2 atom stereocenters. The first kappa shape index (κ1) is 6.09. The van der Waals surface area contributed by atoms with E-state index in [-0.39, 0.29) is 0 Å². The van der Waals surface area contributed by atoms with Crippen molar-refractivity contribution in [2.45, 2.75) is 37.9 Å². The van der Waals surface area contributed by atoms with E-state index in [4.69, 9.17) is 0 Å². The highest BCUT2D eigenvalue weighted by Gasteiger charge is 2.48. The minimum Gasteiger partial charge on any atom is -0.158 e. The minimum absolute atomic E-state index is 0.838. The van der Waals surface area contributed by atoms with Gasteiger partial charge in [-0.3, -0.25) is 0 Å². The second-order valence-corrected chi connectivity index (χ2v) is 4.67. The Bertz CT molecular complexity index is 118. The first-order chi connectivity index (χ1) is 4.37. The normalized spacial score (nSPS) is 48.3. The number of fused-ring (bicyclic) bond motifs is 1. The first-order valence-electron chi connectivity index (χ1n) is 3.99. The molecule has 0 N–H and O–H groups in total. The Morgan fingerprint density at radius 3 is 2.78 bits per heavy atom. The number of hydrogen-bond acceptors (Lipinski definition) is 1. The molecule has 1 heteroatoms. The van der Waals surface area contributed by atoms with Crippen LogP contribution in [0.2, 0.25) is 0 Å². The fourth-order valence-corrected chi connectivity index (χ4v) is 4.05. The van der Waals surface area contributed by atoms with Gasteiger partial charge in [0.1, 0.15) is 0 Å². The summed E-state index contributed by atoms with van der Waals surface area (Å²) in [4.78, 5) is 0. The highest BCUT2D eigenvalue weighted by Crippen LogP contribution is 2.58. The molecule has 0 aromatic carbocycles. The van der Waals surface area contributed by atoms with Crippen LogP contribution in [-0.4, -0.2) is 11.0 Å². The Morgan fingerprint density at radius 1 is 1.56 bits per heavy atom. The van der Waals surface area contributed by atoms with Gasteiger partial charge in [0.2, 0.25) is 0 Å². The van der Waals surface area contributed by atoms with E-state index < -0.39 is 0 Å². The third-order valence-electron chi connectivity index (χ3n) is 3.21. The second kappa shape index (κ2) is 1.91. The van der Waals surface area contributed by atoms with Gasteiger partial charge < -0.3 is 0 Å². The molecule has 2 unspecified atom stereocenters. The largest absolute Gasteiger partial charge is 0.158 e. The van der Waals surface area contributed by atoms with Gasteiger partial charge in [-0.15, -0.1) is 0 Å². The van der Waals surface area contributed by atoms with Gasteiger partial charge in [-0.2, -0.15) is 11.8 Å². The molecule has 0 amide bonds. The topological polar surface area (TPSA) is 0 Å². The molecule has 1 saturated heterocycles. The molecule has 2 aliphatic rings. The molecule has 0 bridgehead atoms. The predicted molar refractivity (Wildman–Crippen MR) is 42.8 cm³/mol. The molecule has 0 aromatic heterocycles. The molecule has 2 rings (SSSR count). The van der Waals surface area contributed by atoms with Gasteiger partial charge in [0, 0.05) is 5.25 Å². The SMILES string of the molecule is CCC12CCSC1CC2. The van der Waals surface area contributed by atoms with Crippen LogP contribution >= 0.6 is 11.8 Å². The molecule has 52 valence electrons. The van der Waals surface area contributed by atoms with Crippen LogP contribution in [0.4, 0.5) is 0 Å². The highest BCUT2D eigenvalue weighted by atomic mass is 32.2. The molecule has 1 aliphatic heterocycles. The van der Waals surface area contributed by atoms with Crippen molar-refractivity contribution in [3.63, 3.8) is 0 Å². The molecule has 2 fully saturated rings. The van der Waals surface area contributed by atoms with E-state index >= 15 is 0 Å². The van der Waals surface area contributed by atoms with E-state index in [0.717, 1.165) is 10.7 Å². The van der Waals surface area contributed by atoms with Crippen LogP contribution in [0.5, 0.6) is 0 Å². The van der Waals surface area contributed by atoms with E-state index in [1.807, 2.05) is 0 Å². The summed E-state index contributed by atoms with van der Waals surface area (Å²) in [6.45, 7) is 2.36. The lowest BCUT2D eigenvalue weighted by Gasteiger charge is -2.43. The smallest absolute Gasteiger partial charge is 0.0104 e. The van der Waals surface area contributed by atoms with Crippen LogP contribution < -0.4 is 0 Å². The fraction of sp³-hybridized carbons (Fsp3) is 1.00. The second-order valence-electron chi connectivity index (χ2n) is 3.36. The summed E-state index contributed by atoms with van der Waals surface area (Å²) < 4.78 is 0. The van der Waals surface area contributed by atoms with Gasteiger partial charge in [-0.25, -0.2) is 0 Å². The van der Waals surface area contributed by atoms with Gasteiger partial charge >= 0.3 is 0 Å². The van der Waals surface area contributed by atoms with E-state index in [2.05, 4.69) is 18.7 Å². The van der Waals surface area contributed by atoms with Crippen molar-refractivity contribution in [2.24, 2.45) is 5.41 Å². The van der Waals surface area contributed by atoms with Gasteiger partial charge in [-0.05, 0) is 36.9 Å². The Hall–Kier alpha value is 0.350. The number of rotatable bonds is 1. The van der Waals surface area contributed by atoms with Gasteiger partial charge in [-0.1, -0.05) is 6.92 Å².